The summed E-state index contributed by atoms with van der Waals surface area (Å²) in [6.07, 6.45) is 3.90. The number of nitrogens with one attached hydrogen (secondary N) is 3. The largest absolute Gasteiger partial charge is 0.353 e. The third-order valence-electron chi connectivity index (χ3n) is 4.12. The second-order valence-electron chi connectivity index (χ2n) is 5.37. The molecule has 5 nitrogen and oxygen atoms in total. The Hall–Kier alpha value is -2.56. The Morgan fingerprint density at radius 2 is 2.24 bits per heavy atom. The highest BCUT2D eigenvalue weighted by Gasteiger charge is 2.22. The van der Waals surface area contributed by atoms with Crippen molar-refractivity contribution in [1.29, 1.82) is 0 Å². The van der Waals surface area contributed by atoms with Crippen LogP contribution >= 0.6 is 0 Å². The van der Waals surface area contributed by atoms with Crippen molar-refractivity contribution in [2.75, 3.05) is 6.54 Å². The fourth-order valence-electron chi connectivity index (χ4n) is 3.11. The number of aromatic nitrogens is 3. The van der Waals surface area contributed by atoms with Gasteiger partial charge in [0.2, 0.25) is 0 Å². The van der Waals surface area contributed by atoms with E-state index in [2.05, 4.69) is 20.5 Å². The zero-order valence-electron chi connectivity index (χ0n) is 11.8. The maximum Gasteiger partial charge on any atom is 0.251 e. The molecule has 0 unspecified atom stereocenters. The summed E-state index contributed by atoms with van der Waals surface area (Å²) in [6.45, 7) is 2.55. The molecule has 0 saturated carbocycles. The van der Waals surface area contributed by atoms with Crippen LogP contribution in [-0.4, -0.2) is 27.6 Å². The number of fused-ring (bicyclic) bond motifs is 5. The zero-order chi connectivity index (χ0) is 14.4. The molecule has 106 valence electrons. The van der Waals surface area contributed by atoms with Gasteiger partial charge in [0, 0.05) is 23.0 Å². The molecule has 0 saturated heterocycles. The number of aryl methyl sites for hydroxylation is 2. The molecule has 0 bridgehead atoms. The lowest BCUT2D eigenvalue weighted by Gasteiger charge is -2.11. The minimum Gasteiger partial charge on any atom is -0.353 e. The molecule has 2 heterocycles. The predicted octanol–water partition coefficient (Wildman–Crippen LogP) is 2.41. The number of carbonyl (C=O) groups is 1. The van der Waals surface area contributed by atoms with Crippen LogP contribution in [0.1, 0.15) is 28.4 Å². The maximum atomic E-state index is 11.9. The fraction of sp³-hybridized carbons (Fsp3) is 0.250. The van der Waals surface area contributed by atoms with Crippen molar-refractivity contribution < 1.29 is 4.79 Å². The molecular weight excluding hydrogens is 264 g/mol. The molecule has 0 radical (unpaired) electrons. The topological polar surface area (TPSA) is 73.6 Å². The quantitative estimate of drug-likeness (QED) is 0.674. The van der Waals surface area contributed by atoms with E-state index >= 15 is 0 Å². The summed E-state index contributed by atoms with van der Waals surface area (Å²) in [6, 6.07) is 5.86. The van der Waals surface area contributed by atoms with Gasteiger partial charge in [0.15, 0.2) is 0 Å². The van der Waals surface area contributed by atoms with E-state index in [-0.39, 0.29) is 5.91 Å². The highest BCUT2D eigenvalue weighted by molar-refractivity contribution is 6.00. The average molecular weight is 280 g/mol. The van der Waals surface area contributed by atoms with Gasteiger partial charge in [-0.2, -0.15) is 5.10 Å². The number of H-pyrrole nitrogens is 2. The number of hydrogen-bond acceptors (Lipinski definition) is 2. The molecule has 1 aliphatic carbocycles. The SMILES string of the molecule is CCNC(=O)c1ccc2c3c([nH]c2c1)-c1[nH]ncc1CC3. The number of carbonyl (C=O) groups excluding carboxylic acids is 1. The molecule has 0 aliphatic heterocycles. The predicted molar refractivity (Wildman–Crippen MR) is 81.3 cm³/mol. The summed E-state index contributed by atoms with van der Waals surface area (Å²) in [5.74, 6) is -0.0331. The summed E-state index contributed by atoms with van der Waals surface area (Å²) in [4.78, 5) is 15.4. The highest BCUT2D eigenvalue weighted by atomic mass is 16.1. The van der Waals surface area contributed by atoms with Gasteiger partial charge in [0.05, 0.1) is 17.6 Å². The monoisotopic (exact) mass is 280 g/mol. The first kappa shape index (κ1) is 12.2. The molecule has 3 aromatic rings. The molecule has 3 N–H and O–H groups in total. The van der Waals surface area contributed by atoms with Gasteiger partial charge in [-0.05, 0) is 43.0 Å². The Kier molecular flexibility index (Phi) is 2.60. The van der Waals surface area contributed by atoms with E-state index in [0.29, 0.717) is 12.1 Å². The van der Waals surface area contributed by atoms with Crippen LogP contribution in [0.15, 0.2) is 24.4 Å². The van der Waals surface area contributed by atoms with Crippen molar-refractivity contribution in [2.45, 2.75) is 19.8 Å². The van der Waals surface area contributed by atoms with E-state index in [1.807, 2.05) is 31.3 Å². The molecule has 4 rings (SSSR count). The maximum absolute atomic E-state index is 11.9. The number of benzene rings is 1. The number of rotatable bonds is 2. The first-order chi connectivity index (χ1) is 10.3. The molecule has 5 heteroatoms. The minimum absolute atomic E-state index is 0.0331. The molecule has 0 fully saturated rings. The van der Waals surface area contributed by atoms with Gasteiger partial charge in [0.25, 0.3) is 5.91 Å². The number of aromatic amines is 2. The summed E-state index contributed by atoms with van der Waals surface area (Å²) in [5.41, 5.74) is 6.44. The van der Waals surface area contributed by atoms with Crippen molar-refractivity contribution in [3.63, 3.8) is 0 Å². The Bertz CT molecular complexity index is 843. The van der Waals surface area contributed by atoms with Crippen LogP contribution in [0.4, 0.5) is 0 Å². The van der Waals surface area contributed by atoms with Crippen molar-refractivity contribution >= 4 is 16.8 Å². The Balaban J connectivity index is 1.87. The first-order valence-corrected chi connectivity index (χ1v) is 7.23. The lowest BCUT2D eigenvalue weighted by Crippen LogP contribution is -2.22. The van der Waals surface area contributed by atoms with E-state index in [1.165, 1.54) is 16.5 Å². The summed E-state index contributed by atoms with van der Waals surface area (Å²) >= 11 is 0. The van der Waals surface area contributed by atoms with Crippen LogP contribution in [0.3, 0.4) is 0 Å². The van der Waals surface area contributed by atoms with Crippen LogP contribution in [-0.2, 0) is 12.8 Å². The molecule has 2 aromatic heterocycles. The van der Waals surface area contributed by atoms with Crippen LogP contribution in [0, 0.1) is 0 Å². The third kappa shape index (κ3) is 1.77. The van der Waals surface area contributed by atoms with Crippen molar-refractivity contribution in [3.05, 3.63) is 41.1 Å². The first-order valence-electron chi connectivity index (χ1n) is 7.23. The van der Waals surface area contributed by atoms with Gasteiger partial charge >= 0.3 is 0 Å². The van der Waals surface area contributed by atoms with E-state index in [4.69, 9.17) is 0 Å². The van der Waals surface area contributed by atoms with Gasteiger partial charge in [-0.1, -0.05) is 6.07 Å². The Labute approximate surface area is 121 Å². The molecule has 0 atom stereocenters. The molecule has 21 heavy (non-hydrogen) atoms. The van der Waals surface area contributed by atoms with Gasteiger partial charge in [-0.25, -0.2) is 0 Å². The van der Waals surface area contributed by atoms with Crippen LogP contribution < -0.4 is 5.32 Å². The number of nitrogens with zero attached hydrogens (tertiary/aromatic N) is 1. The van der Waals surface area contributed by atoms with Crippen LogP contribution in [0.25, 0.3) is 22.3 Å². The van der Waals surface area contributed by atoms with Crippen LogP contribution in [0.2, 0.25) is 0 Å². The van der Waals surface area contributed by atoms with Gasteiger partial charge in [-0.3, -0.25) is 9.89 Å². The van der Waals surface area contributed by atoms with Crippen molar-refractivity contribution in [1.82, 2.24) is 20.5 Å². The lowest BCUT2D eigenvalue weighted by molar-refractivity contribution is 0.0956. The van der Waals surface area contributed by atoms with Gasteiger partial charge in [-0.15, -0.1) is 0 Å². The minimum atomic E-state index is -0.0331. The average Bonchev–Trinajstić information content (AvgIpc) is 3.10. The van der Waals surface area contributed by atoms with Crippen LogP contribution in [0.5, 0.6) is 0 Å². The fourth-order valence-corrected chi connectivity index (χ4v) is 3.11. The molecule has 1 aliphatic rings. The summed E-state index contributed by atoms with van der Waals surface area (Å²) in [5, 5.41) is 11.2. The number of hydrogen-bond donors (Lipinski definition) is 3. The van der Waals surface area contributed by atoms with Crippen molar-refractivity contribution in [2.24, 2.45) is 0 Å². The highest BCUT2D eigenvalue weighted by Crippen LogP contribution is 2.36. The third-order valence-corrected chi connectivity index (χ3v) is 4.12. The van der Waals surface area contributed by atoms with E-state index < -0.39 is 0 Å². The molecule has 0 spiro atoms. The normalized spacial score (nSPS) is 13.0. The Morgan fingerprint density at radius 1 is 1.33 bits per heavy atom. The smallest absolute Gasteiger partial charge is 0.251 e. The lowest BCUT2D eigenvalue weighted by atomic mass is 9.94. The Morgan fingerprint density at radius 3 is 3.10 bits per heavy atom. The standard InChI is InChI=1S/C16H16N4O/c1-2-17-16(21)9-3-5-11-12-6-4-10-8-18-20-14(10)15(12)19-13(11)7-9/h3,5,7-8,19H,2,4,6H2,1H3,(H,17,21)(H,18,20). The summed E-state index contributed by atoms with van der Waals surface area (Å²) in [7, 11) is 0. The number of amides is 1. The van der Waals surface area contributed by atoms with E-state index in [9.17, 15) is 4.79 Å². The molecular formula is C16H16N4O. The molecule has 1 amide bonds. The van der Waals surface area contributed by atoms with E-state index in [0.717, 1.165) is 29.7 Å². The second kappa shape index (κ2) is 4.48. The zero-order valence-corrected chi connectivity index (χ0v) is 11.8. The van der Waals surface area contributed by atoms with E-state index in [1.54, 1.807) is 0 Å². The summed E-state index contributed by atoms with van der Waals surface area (Å²) < 4.78 is 0. The van der Waals surface area contributed by atoms with Gasteiger partial charge in [0.1, 0.15) is 0 Å². The molecule has 1 aromatic carbocycles. The van der Waals surface area contributed by atoms with Gasteiger partial charge < -0.3 is 10.3 Å². The second-order valence-corrected chi connectivity index (χ2v) is 5.37. The van der Waals surface area contributed by atoms with Crippen molar-refractivity contribution in [3.8, 4) is 11.4 Å².